The van der Waals surface area contributed by atoms with E-state index in [1.54, 1.807) is 0 Å². The predicted octanol–water partition coefficient (Wildman–Crippen LogP) is 12.1. The zero-order chi connectivity index (χ0) is 34.1. The van der Waals surface area contributed by atoms with Crippen LogP contribution in [0.5, 0.6) is 0 Å². The van der Waals surface area contributed by atoms with Gasteiger partial charge in [0.2, 0.25) is 0 Å². The average Bonchev–Trinajstić information content (AvgIpc) is 3.24. The first kappa shape index (κ1) is 37.5. The van der Waals surface area contributed by atoms with E-state index in [1.807, 2.05) is 33.9 Å². The van der Waals surface area contributed by atoms with Crippen LogP contribution in [0.1, 0.15) is 104 Å². The van der Waals surface area contributed by atoms with E-state index in [0.29, 0.717) is 0 Å². The minimum absolute atomic E-state index is 0. The molecule has 1 aromatic heterocycles. The summed E-state index contributed by atoms with van der Waals surface area (Å²) >= 11 is 0. The molecule has 4 aromatic carbocycles. The standard InChI is InChI=1S/C31H28N.C13H24O2.Ir/c1-19-16-21(17-20-8-6-7-9-22(19)20)29-26-11-10-25-23(24(26)14-15-32-29)12-13-27-28(25)31(4,5)18-30(27,2)3;1-5-10(6-2)12(14)9-13(15)11(7-3)8-4;/h6-16H,18H2,1-5H3;9-11,14H,5-8H2,1-4H3;/q-1;;/b;12-9-;. The number of fused-ring (bicyclic) bond motifs is 6. The summed E-state index contributed by atoms with van der Waals surface area (Å²) in [7, 11) is 0. The SMILES string of the molecule is CCC(CC)C(=O)/C=C(\O)C(CC)CC.Cc1cc(-c2nccc3c2ccc2c4c(ccc23)C(C)(C)CC4(C)C)[c-]c2ccccc12.[Ir]. The van der Waals surface area contributed by atoms with Gasteiger partial charge in [-0.2, -0.15) is 0 Å². The van der Waals surface area contributed by atoms with Crippen LogP contribution in [0.4, 0.5) is 0 Å². The third-order valence-corrected chi connectivity index (χ3v) is 10.6. The number of benzene rings is 4. The maximum absolute atomic E-state index is 11.7. The van der Waals surface area contributed by atoms with Crippen LogP contribution < -0.4 is 0 Å². The maximum atomic E-state index is 11.7. The van der Waals surface area contributed by atoms with E-state index in [0.717, 1.165) is 42.3 Å². The molecule has 0 aliphatic heterocycles. The fourth-order valence-corrected chi connectivity index (χ4v) is 8.19. The number of aliphatic hydroxyl groups excluding tert-OH is 1. The van der Waals surface area contributed by atoms with Crippen LogP contribution in [-0.2, 0) is 35.7 Å². The fraction of sp³-hybridized carbons (Fsp3) is 0.409. The second-order valence-corrected chi connectivity index (χ2v) is 14.8. The van der Waals surface area contributed by atoms with E-state index in [1.165, 1.54) is 56.1 Å². The summed E-state index contributed by atoms with van der Waals surface area (Å²) in [5, 5.41) is 17.3. The first-order valence-electron chi connectivity index (χ1n) is 17.6. The number of ketones is 1. The second kappa shape index (κ2) is 15.1. The van der Waals surface area contributed by atoms with Crippen LogP contribution >= 0.6 is 0 Å². The van der Waals surface area contributed by atoms with E-state index in [2.05, 4.69) is 101 Å². The van der Waals surface area contributed by atoms with E-state index in [-0.39, 0.29) is 54.3 Å². The van der Waals surface area contributed by atoms with Crippen molar-refractivity contribution in [3.8, 4) is 11.3 Å². The Balaban J connectivity index is 0.000000279. The molecule has 0 fully saturated rings. The summed E-state index contributed by atoms with van der Waals surface area (Å²) in [6.07, 6.45) is 8.04. The van der Waals surface area contributed by atoms with Gasteiger partial charge in [-0.1, -0.05) is 116 Å². The number of aliphatic hydroxyl groups is 1. The van der Waals surface area contributed by atoms with Crippen molar-refractivity contribution in [2.45, 2.75) is 105 Å². The molecule has 0 saturated heterocycles. The molecule has 4 heteroatoms. The zero-order valence-electron chi connectivity index (χ0n) is 30.3. The normalized spacial score (nSPS) is 15.0. The molecule has 0 atom stereocenters. The third-order valence-electron chi connectivity index (χ3n) is 10.6. The summed E-state index contributed by atoms with van der Waals surface area (Å²) in [4.78, 5) is 16.5. The van der Waals surface area contributed by atoms with Crippen molar-refractivity contribution < 1.29 is 30.0 Å². The Labute approximate surface area is 301 Å². The molecular weight excluding hydrogens is 767 g/mol. The quantitative estimate of drug-likeness (QED) is 0.0734. The van der Waals surface area contributed by atoms with E-state index in [4.69, 9.17) is 4.98 Å². The van der Waals surface area contributed by atoms with Gasteiger partial charge < -0.3 is 5.11 Å². The molecule has 3 nitrogen and oxygen atoms in total. The number of aryl methyl sites for hydroxylation is 1. The number of hydrogen-bond donors (Lipinski definition) is 1. The van der Waals surface area contributed by atoms with Crippen LogP contribution in [0.3, 0.4) is 0 Å². The van der Waals surface area contributed by atoms with Crippen LogP contribution in [-0.4, -0.2) is 15.9 Å². The Morgan fingerprint density at radius 3 is 2.08 bits per heavy atom. The first-order valence-corrected chi connectivity index (χ1v) is 17.6. The van der Waals surface area contributed by atoms with Crippen molar-refractivity contribution in [2.24, 2.45) is 11.8 Å². The van der Waals surface area contributed by atoms with Gasteiger partial charge in [0.1, 0.15) is 0 Å². The number of carbonyl (C=O) groups excluding carboxylic acids is 1. The molecule has 0 amide bonds. The van der Waals surface area contributed by atoms with E-state index < -0.39 is 0 Å². The molecule has 1 aliphatic rings. The van der Waals surface area contributed by atoms with Gasteiger partial charge >= 0.3 is 0 Å². The molecule has 48 heavy (non-hydrogen) atoms. The first-order chi connectivity index (χ1) is 22.4. The molecule has 6 rings (SSSR count). The van der Waals surface area contributed by atoms with Gasteiger partial charge in [-0.15, -0.1) is 29.1 Å². The minimum atomic E-state index is 0. The van der Waals surface area contributed by atoms with Crippen molar-refractivity contribution >= 4 is 38.1 Å². The number of rotatable bonds is 8. The summed E-state index contributed by atoms with van der Waals surface area (Å²) in [5.41, 5.74) is 6.74. The minimum Gasteiger partial charge on any atom is -0.512 e. The molecule has 0 bridgehead atoms. The number of aromatic nitrogens is 1. The topological polar surface area (TPSA) is 50.2 Å². The smallest absolute Gasteiger partial charge is 0.162 e. The monoisotopic (exact) mass is 819 g/mol. The van der Waals surface area contributed by atoms with E-state index >= 15 is 0 Å². The van der Waals surface area contributed by atoms with Gasteiger partial charge in [0, 0.05) is 49.9 Å². The Bertz CT molecular complexity index is 1960. The summed E-state index contributed by atoms with van der Waals surface area (Å²) in [6.45, 7) is 19.8. The molecule has 1 radical (unpaired) electrons. The van der Waals surface area contributed by atoms with Gasteiger partial charge in [0.05, 0.1) is 5.76 Å². The third kappa shape index (κ3) is 7.17. The van der Waals surface area contributed by atoms with Crippen molar-refractivity contribution in [3.05, 3.63) is 101 Å². The number of nitrogens with zero attached hydrogens (tertiary/aromatic N) is 1. The average molecular weight is 819 g/mol. The van der Waals surface area contributed by atoms with Crippen molar-refractivity contribution in [1.29, 1.82) is 0 Å². The second-order valence-electron chi connectivity index (χ2n) is 14.8. The Kier molecular flexibility index (Phi) is 11.8. The molecular formula is C44H52IrNO2-. The summed E-state index contributed by atoms with van der Waals surface area (Å²) in [6, 6.07) is 25.8. The predicted molar refractivity (Wildman–Crippen MR) is 200 cm³/mol. The van der Waals surface area contributed by atoms with Gasteiger partial charge in [-0.05, 0) is 81.7 Å². The van der Waals surface area contributed by atoms with Crippen LogP contribution in [0.25, 0.3) is 43.6 Å². The largest absolute Gasteiger partial charge is 0.512 e. The Morgan fingerprint density at radius 1 is 0.812 bits per heavy atom. The van der Waals surface area contributed by atoms with Gasteiger partial charge in [-0.3, -0.25) is 9.78 Å². The number of hydrogen-bond acceptors (Lipinski definition) is 3. The van der Waals surface area contributed by atoms with Crippen molar-refractivity contribution in [2.75, 3.05) is 0 Å². The molecule has 1 aliphatic carbocycles. The van der Waals surface area contributed by atoms with Gasteiger partial charge in [0.25, 0.3) is 0 Å². The summed E-state index contributed by atoms with van der Waals surface area (Å²) in [5.74, 6) is 0.547. The number of allylic oxidation sites excluding steroid dienone is 2. The molecule has 255 valence electrons. The Morgan fingerprint density at radius 2 is 1.42 bits per heavy atom. The molecule has 1 heterocycles. The van der Waals surface area contributed by atoms with Crippen LogP contribution in [0.2, 0.25) is 0 Å². The fourth-order valence-electron chi connectivity index (χ4n) is 8.19. The Hall–Kier alpha value is -3.33. The van der Waals surface area contributed by atoms with Crippen molar-refractivity contribution in [1.82, 2.24) is 4.98 Å². The summed E-state index contributed by atoms with van der Waals surface area (Å²) < 4.78 is 0. The number of pyridine rings is 1. The zero-order valence-corrected chi connectivity index (χ0v) is 32.6. The number of carbonyl (C=O) groups is 1. The molecule has 5 aromatic rings. The van der Waals surface area contributed by atoms with Gasteiger partial charge in [-0.25, -0.2) is 0 Å². The van der Waals surface area contributed by atoms with Crippen LogP contribution in [0.15, 0.2) is 78.7 Å². The van der Waals surface area contributed by atoms with Gasteiger partial charge in [0.15, 0.2) is 5.78 Å². The van der Waals surface area contributed by atoms with E-state index in [9.17, 15) is 9.90 Å². The molecule has 0 spiro atoms. The molecule has 1 N–H and O–H groups in total. The van der Waals surface area contributed by atoms with Crippen molar-refractivity contribution in [3.63, 3.8) is 0 Å². The molecule has 0 unspecified atom stereocenters. The maximum Gasteiger partial charge on any atom is 0.162 e. The molecule has 0 saturated carbocycles. The van der Waals surface area contributed by atoms with Crippen LogP contribution in [0, 0.1) is 24.8 Å².